The van der Waals surface area contributed by atoms with Crippen molar-refractivity contribution in [2.24, 2.45) is 0 Å². The minimum absolute atomic E-state index is 0.474. The summed E-state index contributed by atoms with van der Waals surface area (Å²) in [6, 6.07) is 6.73. The Labute approximate surface area is 178 Å². The summed E-state index contributed by atoms with van der Waals surface area (Å²) in [6.07, 6.45) is 12.5. The fourth-order valence-electron chi connectivity index (χ4n) is 3.88. The second-order valence-corrected chi connectivity index (χ2v) is 8.79. The quantitative estimate of drug-likeness (QED) is 0.473. The lowest BCUT2D eigenvalue weighted by Gasteiger charge is -2.25. The molecule has 0 unspecified atom stereocenters. The first-order valence-corrected chi connectivity index (χ1v) is 11.2. The van der Waals surface area contributed by atoms with E-state index in [0.29, 0.717) is 27.3 Å². The summed E-state index contributed by atoms with van der Waals surface area (Å²) in [5.74, 6) is 0. The number of benzene rings is 1. The van der Waals surface area contributed by atoms with Gasteiger partial charge in [-0.25, -0.2) is 0 Å². The predicted molar refractivity (Wildman–Crippen MR) is 124 cm³/mol. The molecule has 4 nitrogen and oxygen atoms in total. The van der Waals surface area contributed by atoms with E-state index in [-0.39, 0.29) is 0 Å². The number of hydrogen-bond acceptors (Lipinski definition) is 2. The van der Waals surface area contributed by atoms with Crippen LogP contribution in [0.3, 0.4) is 0 Å². The Bertz CT molecular complexity index is 655. The van der Waals surface area contributed by atoms with Crippen LogP contribution in [0, 0.1) is 0 Å². The maximum absolute atomic E-state index is 6.44. The molecule has 2 fully saturated rings. The van der Waals surface area contributed by atoms with Crippen molar-refractivity contribution in [2.45, 2.75) is 76.3 Å². The first kappa shape index (κ1) is 20.6. The maximum Gasteiger partial charge on any atom is 0.171 e. The number of thiocarbonyl (C=S) groups is 2. The van der Waals surface area contributed by atoms with Gasteiger partial charge in [0, 0.05) is 17.8 Å². The molecule has 0 radical (unpaired) electrons. The van der Waals surface area contributed by atoms with E-state index in [1.54, 1.807) is 0 Å². The molecule has 2 aliphatic carbocycles. The average molecular weight is 425 g/mol. The van der Waals surface area contributed by atoms with Gasteiger partial charge < -0.3 is 21.3 Å². The summed E-state index contributed by atoms with van der Waals surface area (Å²) in [7, 11) is 0. The number of nitrogens with one attached hydrogen (secondary N) is 4. The monoisotopic (exact) mass is 424 g/mol. The zero-order valence-electron chi connectivity index (χ0n) is 15.7. The minimum atomic E-state index is 0.474. The van der Waals surface area contributed by atoms with Crippen LogP contribution in [0.1, 0.15) is 64.2 Å². The number of halogens is 1. The van der Waals surface area contributed by atoms with Crippen LogP contribution in [0.4, 0.5) is 11.4 Å². The van der Waals surface area contributed by atoms with Crippen molar-refractivity contribution in [1.82, 2.24) is 10.6 Å². The van der Waals surface area contributed by atoms with Crippen LogP contribution in [0.25, 0.3) is 0 Å². The second kappa shape index (κ2) is 10.4. The van der Waals surface area contributed by atoms with Gasteiger partial charge in [-0.3, -0.25) is 0 Å². The van der Waals surface area contributed by atoms with Crippen molar-refractivity contribution in [3.8, 4) is 0 Å². The van der Waals surface area contributed by atoms with Gasteiger partial charge in [0.1, 0.15) is 0 Å². The van der Waals surface area contributed by atoms with Gasteiger partial charge in [-0.1, -0.05) is 50.1 Å². The topological polar surface area (TPSA) is 48.1 Å². The van der Waals surface area contributed by atoms with E-state index in [2.05, 4.69) is 21.3 Å². The molecule has 0 amide bonds. The van der Waals surface area contributed by atoms with Gasteiger partial charge in [-0.2, -0.15) is 0 Å². The molecular formula is C20H29ClN4S2. The van der Waals surface area contributed by atoms with Crippen LogP contribution in [0.15, 0.2) is 18.2 Å². The fourth-order valence-corrected chi connectivity index (χ4v) is 4.67. The number of hydrogen-bond donors (Lipinski definition) is 4. The summed E-state index contributed by atoms with van der Waals surface area (Å²) in [4.78, 5) is 0. The van der Waals surface area contributed by atoms with E-state index in [0.717, 1.165) is 11.4 Å². The van der Waals surface area contributed by atoms with Gasteiger partial charge in [-0.15, -0.1) is 0 Å². The zero-order valence-corrected chi connectivity index (χ0v) is 18.0. The third-order valence-electron chi connectivity index (χ3n) is 5.36. The molecule has 3 rings (SSSR count). The van der Waals surface area contributed by atoms with Gasteiger partial charge in [0.2, 0.25) is 0 Å². The molecule has 1 aromatic carbocycles. The lowest BCUT2D eigenvalue weighted by atomic mass is 9.96. The van der Waals surface area contributed by atoms with Crippen LogP contribution >= 0.6 is 36.0 Å². The SMILES string of the molecule is S=C(Nc1ccc(NC(=S)NC2CCCCC2)c(Cl)c1)NC1CCCCC1. The molecule has 0 saturated heterocycles. The summed E-state index contributed by atoms with van der Waals surface area (Å²) in [5.41, 5.74) is 1.69. The van der Waals surface area contributed by atoms with Crippen LogP contribution in [-0.4, -0.2) is 22.3 Å². The molecule has 1 aromatic rings. The summed E-state index contributed by atoms with van der Waals surface area (Å²) in [6.45, 7) is 0. The van der Waals surface area contributed by atoms with Gasteiger partial charge in [0.05, 0.1) is 10.7 Å². The molecule has 0 heterocycles. The van der Waals surface area contributed by atoms with Crippen molar-refractivity contribution in [2.75, 3.05) is 10.6 Å². The van der Waals surface area contributed by atoms with E-state index in [1.807, 2.05) is 18.2 Å². The average Bonchev–Trinajstić information content (AvgIpc) is 2.65. The molecule has 2 saturated carbocycles. The van der Waals surface area contributed by atoms with Crippen molar-refractivity contribution in [3.63, 3.8) is 0 Å². The van der Waals surface area contributed by atoms with Crippen molar-refractivity contribution >= 4 is 57.6 Å². The smallest absolute Gasteiger partial charge is 0.171 e. The Morgan fingerprint density at radius 1 is 0.778 bits per heavy atom. The number of rotatable bonds is 4. The summed E-state index contributed by atoms with van der Waals surface area (Å²) in [5, 5.41) is 15.2. The molecular weight excluding hydrogens is 396 g/mol. The highest BCUT2D eigenvalue weighted by Crippen LogP contribution is 2.26. The molecule has 0 spiro atoms. The van der Waals surface area contributed by atoms with Crippen LogP contribution in [0.2, 0.25) is 5.02 Å². The molecule has 0 atom stereocenters. The molecule has 0 bridgehead atoms. The zero-order chi connectivity index (χ0) is 19.1. The summed E-state index contributed by atoms with van der Waals surface area (Å²) < 4.78 is 0. The molecule has 27 heavy (non-hydrogen) atoms. The largest absolute Gasteiger partial charge is 0.360 e. The first-order valence-electron chi connectivity index (χ1n) is 10.0. The molecule has 0 aliphatic heterocycles. The van der Waals surface area contributed by atoms with Crippen molar-refractivity contribution < 1.29 is 0 Å². The Morgan fingerprint density at radius 3 is 1.81 bits per heavy atom. The Kier molecular flexibility index (Phi) is 7.97. The first-order chi connectivity index (χ1) is 13.1. The predicted octanol–water partition coefficient (Wildman–Crippen LogP) is 5.58. The number of anilines is 2. The van der Waals surface area contributed by atoms with E-state index in [9.17, 15) is 0 Å². The third kappa shape index (κ3) is 6.77. The van der Waals surface area contributed by atoms with Gasteiger partial charge in [-0.05, 0) is 68.3 Å². The van der Waals surface area contributed by atoms with Gasteiger partial charge in [0.25, 0.3) is 0 Å². The lowest BCUT2D eigenvalue weighted by molar-refractivity contribution is 0.414. The molecule has 2 aliphatic rings. The molecule has 148 valence electrons. The van der Waals surface area contributed by atoms with Crippen LogP contribution in [0.5, 0.6) is 0 Å². The lowest BCUT2D eigenvalue weighted by Crippen LogP contribution is -2.39. The molecule has 7 heteroatoms. The minimum Gasteiger partial charge on any atom is -0.360 e. The van der Waals surface area contributed by atoms with E-state index in [4.69, 9.17) is 36.0 Å². The van der Waals surface area contributed by atoms with Crippen molar-refractivity contribution in [1.29, 1.82) is 0 Å². The Balaban J connectivity index is 1.48. The van der Waals surface area contributed by atoms with E-state index < -0.39 is 0 Å². The van der Waals surface area contributed by atoms with Gasteiger partial charge >= 0.3 is 0 Å². The maximum atomic E-state index is 6.44. The molecule has 0 aromatic heterocycles. The van der Waals surface area contributed by atoms with Crippen molar-refractivity contribution in [3.05, 3.63) is 23.2 Å². The molecule has 4 N–H and O–H groups in total. The standard InChI is InChI=1S/C20H29ClN4S2/c21-17-13-16(24-19(26)22-14-7-3-1-4-8-14)11-12-18(17)25-20(27)23-15-9-5-2-6-10-15/h11-15H,1-10H2,(H2,22,24,26)(H2,23,25,27). The Morgan fingerprint density at radius 2 is 1.30 bits per heavy atom. The normalized spacial score (nSPS) is 18.6. The fraction of sp³-hybridized carbons (Fsp3) is 0.600. The van der Waals surface area contributed by atoms with Gasteiger partial charge in [0.15, 0.2) is 10.2 Å². The van der Waals surface area contributed by atoms with Crippen LogP contribution in [-0.2, 0) is 0 Å². The highest BCUT2D eigenvalue weighted by atomic mass is 35.5. The third-order valence-corrected chi connectivity index (χ3v) is 6.11. The van der Waals surface area contributed by atoms with Crippen LogP contribution < -0.4 is 21.3 Å². The van der Waals surface area contributed by atoms with E-state index in [1.165, 1.54) is 64.2 Å². The second-order valence-electron chi connectivity index (χ2n) is 7.56. The Hall–Kier alpha value is -1.11. The summed E-state index contributed by atoms with van der Waals surface area (Å²) >= 11 is 17.3. The highest BCUT2D eigenvalue weighted by molar-refractivity contribution is 7.80. The highest BCUT2D eigenvalue weighted by Gasteiger charge is 2.16. The van der Waals surface area contributed by atoms with E-state index >= 15 is 0 Å².